The smallest absolute Gasteiger partial charge is 0.191 e. The second kappa shape index (κ2) is 8.86. The van der Waals surface area contributed by atoms with Crippen molar-refractivity contribution >= 4 is 5.96 Å². The lowest BCUT2D eigenvalue weighted by Gasteiger charge is -2.11. The highest BCUT2D eigenvalue weighted by atomic mass is 19.1. The summed E-state index contributed by atoms with van der Waals surface area (Å²) in [5.74, 6) is -0.694. The first kappa shape index (κ1) is 17.7. The van der Waals surface area contributed by atoms with Gasteiger partial charge in [0.05, 0.1) is 6.54 Å². The van der Waals surface area contributed by atoms with E-state index in [1.807, 2.05) is 6.92 Å². The number of rotatable bonds is 6. The summed E-state index contributed by atoms with van der Waals surface area (Å²) in [6.45, 7) is 3.41. The van der Waals surface area contributed by atoms with Gasteiger partial charge in [-0.1, -0.05) is 24.3 Å². The highest BCUT2D eigenvalue weighted by molar-refractivity contribution is 5.79. The normalized spacial score (nSPS) is 11.4. The van der Waals surface area contributed by atoms with E-state index in [4.69, 9.17) is 0 Å². The molecule has 0 fully saturated rings. The van der Waals surface area contributed by atoms with Crippen LogP contribution in [0.1, 0.15) is 18.1 Å². The predicted molar refractivity (Wildman–Crippen MR) is 91.0 cm³/mol. The van der Waals surface area contributed by atoms with Gasteiger partial charge in [-0.05, 0) is 42.7 Å². The van der Waals surface area contributed by atoms with Gasteiger partial charge in [-0.15, -0.1) is 0 Å². The molecule has 4 nitrogen and oxygen atoms in total. The first-order valence-corrected chi connectivity index (χ1v) is 7.83. The zero-order valence-electron chi connectivity index (χ0n) is 13.5. The lowest BCUT2D eigenvalue weighted by atomic mass is 10.1. The van der Waals surface area contributed by atoms with Crippen LogP contribution in [-0.2, 0) is 13.0 Å². The maximum absolute atomic E-state index is 13.6. The fraction of sp³-hybridized carbons (Fsp3) is 0.278. The Morgan fingerprint density at radius 1 is 1.08 bits per heavy atom. The fourth-order valence-electron chi connectivity index (χ4n) is 2.18. The van der Waals surface area contributed by atoms with Crippen LogP contribution in [0.3, 0.4) is 0 Å². The molecule has 0 unspecified atom stereocenters. The van der Waals surface area contributed by atoms with Gasteiger partial charge in [0, 0.05) is 13.1 Å². The molecular weight excluding hydrogens is 312 g/mol. The number of aromatic hydroxyl groups is 1. The number of guanidine groups is 1. The molecule has 0 saturated carbocycles. The number of phenolic OH excluding ortho intramolecular Hbond substituents is 1. The SMILES string of the molecule is CCNC(=NCc1ccc(O)c(F)c1)NCCc1ccccc1F. The van der Waals surface area contributed by atoms with E-state index in [-0.39, 0.29) is 18.1 Å². The Kier molecular flexibility index (Phi) is 6.54. The summed E-state index contributed by atoms with van der Waals surface area (Å²) in [5, 5.41) is 15.4. The van der Waals surface area contributed by atoms with E-state index in [0.717, 1.165) is 0 Å². The summed E-state index contributed by atoms with van der Waals surface area (Å²) in [4.78, 5) is 4.36. The number of halogens is 2. The molecule has 2 rings (SSSR count). The molecule has 0 atom stereocenters. The Labute approximate surface area is 140 Å². The van der Waals surface area contributed by atoms with Crippen molar-refractivity contribution in [1.82, 2.24) is 10.6 Å². The van der Waals surface area contributed by atoms with E-state index >= 15 is 0 Å². The molecule has 24 heavy (non-hydrogen) atoms. The van der Waals surface area contributed by atoms with Gasteiger partial charge in [0.25, 0.3) is 0 Å². The van der Waals surface area contributed by atoms with Gasteiger partial charge in [0.15, 0.2) is 17.5 Å². The quantitative estimate of drug-likeness (QED) is 0.563. The molecule has 0 saturated heterocycles. The zero-order chi connectivity index (χ0) is 17.4. The monoisotopic (exact) mass is 333 g/mol. The van der Waals surface area contributed by atoms with Crippen LogP contribution < -0.4 is 10.6 Å². The van der Waals surface area contributed by atoms with Gasteiger partial charge < -0.3 is 15.7 Å². The molecule has 0 bridgehead atoms. The van der Waals surface area contributed by atoms with Crippen LogP contribution in [0.4, 0.5) is 8.78 Å². The molecule has 0 aliphatic heterocycles. The highest BCUT2D eigenvalue weighted by Crippen LogP contribution is 2.16. The Morgan fingerprint density at radius 3 is 2.58 bits per heavy atom. The van der Waals surface area contributed by atoms with Crippen molar-refractivity contribution in [2.75, 3.05) is 13.1 Å². The Bertz CT molecular complexity index is 704. The van der Waals surface area contributed by atoms with Crippen molar-refractivity contribution in [1.29, 1.82) is 0 Å². The molecule has 0 aliphatic rings. The third kappa shape index (κ3) is 5.22. The van der Waals surface area contributed by atoms with Gasteiger partial charge in [0.2, 0.25) is 0 Å². The van der Waals surface area contributed by atoms with Gasteiger partial charge in [0.1, 0.15) is 5.82 Å². The molecule has 0 radical (unpaired) electrons. The van der Waals surface area contributed by atoms with Crippen LogP contribution in [0, 0.1) is 11.6 Å². The number of phenols is 1. The first-order chi connectivity index (χ1) is 11.6. The van der Waals surface area contributed by atoms with Gasteiger partial charge >= 0.3 is 0 Å². The van der Waals surface area contributed by atoms with Crippen molar-refractivity contribution in [3.05, 3.63) is 65.2 Å². The summed E-state index contributed by atoms with van der Waals surface area (Å²) in [5.41, 5.74) is 1.29. The number of hydrogen-bond acceptors (Lipinski definition) is 2. The minimum Gasteiger partial charge on any atom is -0.505 e. The second-order valence-electron chi connectivity index (χ2n) is 5.25. The second-order valence-corrected chi connectivity index (χ2v) is 5.25. The molecule has 3 N–H and O–H groups in total. The minimum atomic E-state index is -0.666. The van der Waals surface area contributed by atoms with Crippen LogP contribution in [0.2, 0.25) is 0 Å². The maximum Gasteiger partial charge on any atom is 0.191 e. The van der Waals surface area contributed by atoms with E-state index in [2.05, 4.69) is 15.6 Å². The Balaban J connectivity index is 1.93. The predicted octanol–water partition coefficient (Wildman–Crippen LogP) is 2.97. The topological polar surface area (TPSA) is 56.7 Å². The molecule has 0 heterocycles. The minimum absolute atomic E-state index is 0.221. The third-order valence-corrected chi connectivity index (χ3v) is 3.42. The number of hydrogen-bond donors (Lipinski definition) is 3. The Hall–Kier alpha value is -2.63. The van der Waals surface area contributed by atoms with E-state index in [1.165, 1.54) is 18.2 Å². The average Bonchev–Trinajstić information content (AvgIpc) is 2.57. The summed E-state index contributed by atoms with van der Waals surface area (Å²) < 4.78 is 26.9. The van der Waals surface area contributed by atoms with E-state index in [0.29, 0.717) is 36.6 Å². The zero-order valence-corrected chi connectivity index (χ0v) is 13.5. The average molecular weight is 333 g/mol. The molecule has 0 aromatic heterocycles. The van der Waals surface area contributed by atoms with E-state index < -0.39 is 5.82 Å². The molecule has 2 aromatic carbocycles. The van der Waals surface area contributed by atoms with Gasteiger partial charge in [-0.3, -0.25) is 0 Å². The molecule has 0 aliphatic carbocycles. The van der Waals surface area contributed by atoms with E-state index in [9.17, 15) is 13.9 Å². The molecule has 6 heteroatoms. The molecule has 0 amide bonds. The Morgan fingerprint density at radius 2 is 1.88 bits per heavy atom. The molecule has 2 aromatic rings. The third-order valence-electron chi connectivity index (χ3n) is 3.42. The number of aliphatic imine (C=N–C) groups is 1. The summed E-state index contributed by atoms with van der Waals surface area (Å²) in [7, 11) is 0. The molecule has 0 spiro atoms. The van der Waals surface area contributed by atoms with Gasteiger partial charge in [-0.25, -0.2) is 13.8 Å². The maximum atomic E-state index is 13.6. The number of nitrogens with one attached hydrogen (secondary N) is 2. The summed E-state index contributed by atoms with van der Waals surface area (Å²) in [6.07, 6.45) is 0.533. The van der Waals surface area contributed by atoms with Crippen molar-refractivity contribution in [2.45, 2.75) is 19.9 Å². The van der Waals surface area contributed by atoms with Crippen LogP contribution in [0.5, 0.6) is 5.75 Å². The fourth-order valence-corrected chi connectivity index (χ4v) is 2.18. The van der Waals surface area contributed by atoms with Gasteiger partial charge in [-0.2, -0.15) is 0 Å². The molecule has 128 valence electrons. The number of benzene rings is 2. The lowest BCUT2D eigenvalue weighted by Crippen LogP contribution is -2.38. The van der Waals surface area contributed by atoms with Crippen molar-refractivity contribution in [3.63, 3.8) is 0 Å². The van der Waals surface area contributed by atoms with Crippen molar-refractivity contribution in [2.24, 2.45) is 4.99 Å². The van der Waals surface area contributed by atoms with Crippen LogP contribution >= 0.6 is 0 Å². The van der Waals surface area contributed by atoms with Crippen LogP contribution in [0.25, 0.3) is 0 Å². The van der Waals surface area contributed by atoms with Crippen LogP contribution in [-0.4, -0.2) is 24.2 Å². The largest absolute Gasteiger partial charge is 0.505 e. The summed E-state index contributed by atoms with van der Waals surface area (Å²) >= 11 is 0. The molecular formula is C18H21F2N3O. The van der Waals surface area contributed by atoms with Crippen LogP contribution in [0.15, 0.2) is 47.5 Å². The number of nitrogens with zero attached hydrogens (tertiary/aromatic N) is 1. The first-order valence-electron chi connectivity index (χ1n) is 7.83. The van der Waals surface area contributed by atoms with Crippen molar-refractivity contribution < 1.29 is 13.9 Å². The summed E-state index contributed by atoms with van der Waals surface area (Å²) in [6, 6.07) is 10.8. The lowest BCUT2D eigenvalue weighted by molar-refractivity contribution is 0.432. The standard InChI is InChI=1S/C18H21F2N3O/c1-2-21-18(22-10-9-14-5-3-4-6-15(14)19)23-12-13-7-8-17(24)16(20)11-13/h3-8,11,24H,2,9-10,12H2,1H3,(H2,21,22,23). The highest BCUT2D eigenvalue weighted by Gasteiger charge is 2.04. The van der Waals surface area contributed by atoms with Crippen molar-refractivity contribution in [3.8, 4) is 5.75 Å². The van der Waals surface area contributed by atoms with E-state index in [1.54, 1.807) is 24.3 Å².